The van der Waals surface area contributed by atoms with Crippen molar-refractivity contribution in [3.05, 3.63) is 74.4 Å². The van der Waals surface area contributed by atoms with Gasteiger partial charge in [0.05, 0.1) is 17.5 Å². The summed E-state index contributed by atoms with van der Waals surface area (Å²) in [5.74, 6) is 0.469. The second kappa shape index (κ2) is 11.0. The van der Waals surface area contributed by atoms with Crippen LogP contribution in [-0.2, 0) is 13.1 Å². The number of Topliss-reactive ketones (excluding diaryl/α,β-unsaturated/α-hetero) is 1. The third-order valence-electron chi connectivity index (χ3n) is 6.17. The SMILES string of the molecule is CCOc1ccc(C(=O)Cn2nc3n(CCC(C)C)c(=O)c4ccc(C(=O)NC(C)C)cc4n3c2=O)cc1. The Bertz CT molecular complexity index is 1610. The molecule has 10 nitrogen and oxygen atoms in total. The number of benzene rings is 2. The highest BCUT2D eigenvalue weighted by atomic mass is 16.5. The molecular weight excluding hydrogens is 486 g/mol. The van der Waals surface area contributed by atoms with Crippen molar-refractivity contribution in [2.24, 2.45) is 5.92 Å². The highest BCUT2D eigenvalue weighted by Gasteiger charge is 2.21. The summed E-state index contributed by atoms with van der Waals surface area (Å²) in [6.07, 6.45) is 0.697. The van der Waals surface area contributed by atoms with Gasteiger partial charge in [0.2, 0.25) is 5.78 Å². The summed E-state index contributed by atoms with van der Waals surface area (Å²) in [5.41, 5.74) is 0.124. The van der Waals surface area contributed by atoms with Crippen molar-refractivity contribution in [3.63, 3.8) is 0 Å². The fraction of sp³-hybridized carbons (Fsp3) is 0.393. The highest BCUT2D eigenvalue weighted by molar-refractivity contribution is 5.98. The van der Waals surface area contributed by atoms with Crippen molar-refractivity contribution in [2.45, 2.75) is 60.2 Å². The van der Waals surface area contributed by atoms with Crippen LogP contribution < -0.4 is 21.3 Å². The van der Waals surface area contributed by atoms with Crippen molar-refractivity contribution >= 4 is 28.4 Å². The van der Waals surface area contributed by atoms with E-state index in [1.165, 1.54) is 15.0 Å². The summed E-state index contributed by atoms with van der Waals surface area (Å²) in [7, 11) is 0. The number of carbonyl (C=O) groups excluding carboxylic acids is 2. The minimum atomic E-state index is -0.566. The van der Waals surface area contributed by atoms with Crippen molar-refractivity contribution < 1.29 is 14.3 Å². The number of rotatable bonds is 10. The molecule has 0 saturated heterocycles. The Balaban J connectivity index is 1.85. The molecule has 4 rings (SSSR count). The molecule has 2 aromatic carbocycles. The zero-order chi connectivity index (χ0) is 27.6. The molecule has 10 heteroatoms. The van der Waals surface area contributed by atoms with Gasteiger partial charge >= 0.3 is 5.69 Å². The van der Waals surface area contributed by atoms with E-state index < -0.39 is 5.69 Å². The Hall–Kier alpha value is -4.21. The number of aromatic nitrogens is 4. The first-order valence-corrected chi connectivity index (χ1v) is 12.8. The van der Waals surface area contributed by atoms with E-state index in [9.17, 15) is 19.2 Å². The fourth-order valence-corrected chi connectivity index (χ4v) is 4.23. The van der Waals surface area contributed by atoms with E-state index in [0.29, 0.717) is 47.8 Å². The Morgan fingerprint density at radius 1 is 1.00 bits per heavy atom. The topological polar surface area (TPSA) is 117 Å². The van der Waals surface area contributed by atoms with Gasteiger partial charge in [0.1, 0.15) is 12.3 Å². The lowest BCUT2D eigenvalue weighted by Crippen LogP contribution is -2.31. The minimum absolute atomic E-state index is 0.0821. The van der Waals surface area contributed by atoms with Crippen LogP contribution in [0.15, 0.2) is 52.1 Å². The van der Waals surface area contributed by atoms with Gasteiger partial charge in [-0.15, -0.1) is 5.10 Å². The van der Waals surface area contributed by atoms with E-state index >= 15 is 0 Å². The fourth-order valence-electron chi connectivity index (χ4n) is 4.23. The van der Waals surface area contributed by atoms with E-state index in [-0.39, 0.29) is 41.1 Å². The first-order valence-electron chi connectivity index (χ1n) is 12.8. The molecular formula is C28H33N5O5. The molecule has 2 heterocycles. The number of hydrogen-bond acceptors (Lipinski definition) is 6. The van der Waals surface area contributed by atoms with Gasteiger partial charge < -0.3 is 10.1 Å². The highest BCUT2D eigenvalue weighted by Crippen LogP contribution is 2.16. The van der Waals surface area contributed by atoms with Crippen LogP contribution in [0.25, 0.3) is 16.7 Å². The van der Waals surface area contributed by atoms with Crippen LogP contribution in [0.1, 0.15) is 61.8 Å². The van der Waals surface area contributed by atoms with Gasteiger partial charge in [0.15, 0.2) is 5.78 Å². The molecule has 0 spiro atoms. The molecule has 0 bridgehead atoms. The number of carbonyl (C=O) groups is 2. The normalized spacial score (nSPS) is 11.6. The van der Waals surface area contributed by atoms with E-state index in [2.05, 4.69) is 10.4 Å². The molecule has 1 amide bonds. The van der Waals surface area contributed by atoms with Crippen LogP contribution in [0.2, 0.25) is 0 Å². The monoisotopic (exact) mass is 519 g/mol. The van der Waals surface area contributed by atoms with Crippen LogP contribution in [-0.4, -0.2) is 43.1 Å². The Kier molecular flexibility index (Phi) is 7.80. The number of ether oxygens (including phenoxy) is 1. The van der Waals surface area contributed by atoms with E-state index in [1.54, 1.807) is 36.4 Å². The summed E-state index contributed by atoms with van der Waals surface area (Å²) in [6, 6.07) is 11.3. The standard InChI is InChI=1S/C28H33N5O5/c1-6-38-21-10-7-19(8-11-21)24(34)16-32-28(37)33-23-15-20(25(35)29-18(4)5)9-12-22(23)26(36)31(27(33)30-32)14-13-17(2)3/h7-12,15,17-18H,6,13-14,16H2,1-5H3,(H,29,35). The molecule has 0 unspecified atom stereocenters. The third kappa shape index (κ3) is 5.39. The Morgan fingerprint density at radius 3 is 2.32 bits per heavy atom. The molecule has 1 N–H and O–H groups in total. The molecule has 0 aliphatic heterocycles. The lowest BCUT2D eigenvalue weighted by Gasteiger charge is -2.12. The van der Waals surface area contributed by atoms with Gasteiger partial charge in [-0.2, -0.15) is 0 Å². The third-order valence-corrected chi connectivity index (χ3v) is 6.17. The molecule has 0 saturated carbocycles. The van der Waals surface area contributed by atoms with Gasteiger partial charge in [0, 0.05) is 23.7 Å². The van der Waals surface area contributed by atoms with Crippen LogP contribution in [0.3, 0.4) is 0 Å². The van der Waals surface area contributed by atoms with E-state index in [0.717, 1.165) is 4.68 Å². The average molecular weight is 520 g/mol. The molecule has 4 aromatic rings. The van der Waals surface area contributed by atoms with Gasteiger partial charge in [-0.05, 0) is 75.6 Å². The number of nitrogens with zero attached hydrogens (tertiary/aromatic N) is 4. The molecule has 0 atom stereocenters. The van der Waals surface area contributed by atoms with Crippen LogP contribution in [0.5, 0.6) is 5.75 Å². The molecule has 0 aliphatic carbocycles. The molecule has 0 radical (unpaired) electrons. The number of fused-ring (bicyclic) bond motifs is 3. The summed E-state index contributed by atoms with van der Waals surface area (Å²) in [5, 5.41) is 7.54. The second-order valence-electron chi connectivity index (χ2n) is 9.96. The molecule has 2 aromatic heterocycles. The largest absolute Gasteiger partial charge is 0.494 e. The summed E-state index contributed by atoms with van der Waals surface area (Å²) >= 11 is 0. The van der Waals surface area contributed by atoms with Crippen LogP contribution >= 0.6 is 0 Å². The lowest BCUT2D eigenvalue weighted by atomic mass is 10.1. The summed E-state index contributed by atoms with van der Waals surface area (Å²) in [6.45, 7) is 10.2. The maximum absolute atomic E-state index is 13.6. The summed E-state index contributed by atoms with van der Waals surface area (Å²) < 4.78 is 9.28. The maximum Gasteiger partial charge on any atom is 0.352 e. The van der Waals surface area contributed by atoms with Crippen molar-refractivity contribution in [2.75, 3.05) is 6.61 Å². The number of hydrogen-bond donors (Lipinski definition) is 1. The number of nitrogens with one attached hydrogen (secondary N) is 1. The average Bonchev–Trinajstić information content (AvgIpc) is 3.19. The molecule has 0 fully saturated rings. The minimum Gasteiger partial charge on any atom is -0.494 e. The van der Waals surface area contributed by atoms with Gasteiger partial charge in [-0.25, -0.2) is 13.9 Å². The first-order chi connectivity index (χ1) is 18.1. The molecule has 0 aliphatic rings. The number of ketones is 1. The van der Waals surface area contributed by atoms with Crippen LogP contribution in [0, 0.1) is 5.92 Å². The lowest BCUT2D eigenvalue weighted by molar-refractivity contribution is 0.0940. The van der Waals surface area contributed by atoms with Crippen molar-refractivity contribution in [3.8, 4) is 5.75 Å². The number of amides is 1. The second-order valence-corrected chi connectivity index (χ2v) is 9.96. The summed E-state index contributed by atoms with van der Waals surface area (Å²) in [4.78, 5) is 52.7. The zero-order valence-corrected chi connectivity index (χ0v) is 22.4. The van der Waals surface area contributed by atoms with Gasteiger partial charge in [-0.3, -0.25) is 19.0 Å². The molecule has 38 heavy (non-hydrogen) atoms. The smallest absolute Gasteiger partial charge is 0.352 e. The Morgan fingerprint density at radius 2 is 1.68 bits per heavy atom. The predicted molar refractivity (Wildman–Crippen MR) is 145 cm³/mol. The predicted octanol–water partition coefficient (Wildman–Crippen LogP) is 3.28. The van der Waals surface area contributed by atoms with E-state index in [1.807, 2.05) is 34.6 Å². The zero-order valence-electron chi connectivity index (χ0n) is 22.4. The van der Waals surface area contributed by atoms with Gasteiger partial charge in [-0.1, -0.05) is 13.8 Å². The Labute approximate surface area is 219 Å². The van der Waals surface area contributed by atoms with Crippen molar-refractivity contribution in [1.29, 1.82) is 0 Å². The molecule has 200 valence electrons. The first kappa shape index (κ1) is 26.8. The van der Waals surface area contributed by atoms with Crippen molar-refractivity contribution in [1.82, 2.24) is 24.1 Å². The maximum atomic E-state index is 13.6. The number of aryl methyl sites for hydroxylation is 1. The van der Waals surface area contributed by atoms with E-state index in [4.69, 9.17) is 4.74 Å². The quantitative estimate of drug-likeness (QED) is 0.322. The van der Waals surface area contributed by atoms with Gasteiger partial charge in [0.25, 0.3) is 11.5 Å². The van der Waals surface area contributed by atoms with Crippen LogP contribution in [0.4, 0.5) is 0 Å².